The molecule has 6 nitrogen and oxygen atoms in total. The molecule has 2 aromatic rings. The van der Waals surface area contributed by atoms with E-state index >= 15 is 0 Å². The van der Waals surface area contributed by atoms with Crippen molar-refractivity contribution >= 4 is 17.5 Å². The molecule has 1 aromatic carbocycles. The van der Waals surface area contributed by atoms with Crippen LogP contribution in [-0.2, 0) is 0 Å². The van der Waals surface area contributed by atoms with Gasteiger partial charge < -0.3 is 19.9 Å². The molecule has 0 saturated heterocycles. The minimum atomic E-state index is 0.0780. The second-order valence-corrected chi connectivity index (χ2v) is 3.94. The number of rotatable bonds is 4. The Labute approximate surface area is 115 Å². The highest BCUT2D eigenvalue weighted by molar-refractivity contribution is 6.31. The summed E-state index contributed by atoms with van der Waals surface area (Å²) in [7, 11) is 3.10. The Kier molecular flexibility index (Phi) is 3.91. The summed E-state index contributed by atoms with van der Waals surface area (Å²) in [5, 5.41) is 0.260. The lowest BCUT2D eigenvalue weighted by Gasteiger charge is -2.10. The second-order valence-electron chi connectivity index (χ2n) is 3.53. The largest absolute Gasteiger partial charge is 0.496 e. The molecule has 0 aliphatic rings. The fraction of sp³-hybridized carbons (Fsp3) is 0.167. The lowest BCUT2D eigenvalue weighted by molar-refractivity contribution is 0.385. The van der Waals surface area contributed by atoms with Crippen LogP contribution in [0.5, 0.6) is 23.1 Å². The van der Waals surface area contributed by atoms with E-state index in [1.165, 1.54) is 6.20 Å². The third-order valence-corrected chi connectivity index (χ3v) is 2.53. The molecular formula is C12H12ClN3O3. The maximum atomic E-state index is 5.93. The van der Waals surface area contributed by atoms with Crippen LogP contribution in [0.4, 0.5) is 5.95 Å². The minimum absolute atomic E-state index is 0.0780. The molecule has 2 N–H and O–H groups in total. The highest BCUT2D eigenvalue weighted by Crippen LogP contribution is 2.32. The molecule has 0 spiro atoms. The van der Waals surface area contributed by atoms with Gasteiger partial charge in [-0.05, 0) is 0 Å². The van der Waals surface area contributed by atoms with E-state index in [1.807, 2.05) is 0 Å². The molecule has 0 aliphatic heterocycles. The first-order valence-corrected chi connectivity index (χ1v) is 5.69. The summed E-state index contributed by atoms with van der Waals surface area (Å²) >= 11 is 5.93. The Morgan fingerprint density at radius 3 is 2.21 bits per heavy atom. The Morgan fingerprint density at radius 1 is 1.05 bits per heavy atom. The molecule has 100 valence electrons. The van der Waals surface area contributed by atoms with E-state index in [9.17, 15) is 0 Å². The van der Waals surface area contributed by atoms with Gasteiger partial charge >= 0.3 is 0 Å². The van der Waals surface area contributed by atoms with E-state index < -0.39 is 0 Å². The first kappa shape index (κ1) is 13.2. The number of nitrogens with zero attached hydrogens (tertiary/aromatic N) is 2. The standard InChI is InChI=1S/C12H12ClN3O3/c1-17-7-3-8(18-2)5-9(4-7)19-11-10(13)6-15-12(14)16-11/h3-6H,1-2H3,(H2,14,15,16). The van der Waals surface area contributed by atoms with Crippen LogP contribution in [0.25, 0.3) is 0 Å². The quantitative estimate of drug-likeness (QED) is 0.927. The van der Waals surface area contributed by atoms with E-state index in [0.717, 1.165) is 0 Å². The number of aromatic nitrogens is 2. The number of hydrogen-bond donors (Lipinski definition) is 1. The summed E-state index contributed by atoms with van der Waals surface area (Å²) in [6, 6.07) is 5.08. The molecule has 7 heteroatoms. The van der Waals surface area contributed by atoms with Gasteiger partial charge in [0.15, 0.2) is 0 Å². The maximum Gasteiger partial charge on any atom is 0.243 e. The molecule has 0 atom stereocenters. The number of nitrogen functional groups attached to an aromatic ring is 1. The van der Waals surface area contributed by atoms with Crippen LogP contribution in [0, 0.1) is 0 Å². The van der Waals surface area contributed by atoms with Crippen molar-refractivity contribution in [1.29, 1.82) is 0 Å². The van der Waals surface area contributed by atoms with Crippen molar-refractivity contribution in [2.24, 2.45) is 0 Å². The zero-order valence-electron chi connectivity index (χ0n) is 10.4. The lowest BCUT2D eigenvalue weighted by atomic mass is 10.3. The number of anilines is 1. The highest BCUT2D eigenvalue weighted by atomic mass is 35.5. The van der Waals surface area contributed by atoms with Gasteiger partial charge in [0.25, 0.3) is 0 Å². The zero-order chi connectivity index (χ0) is 13.8. The SMILES string of the molecule is COc1cc(OC)cc(Oc2nc(N)ncc2Cl)c1. The Hall–Kier alpha value is -2.21. The third kappa shape index (κ3) is 3.17. The highest BCUT2D eigenvalue weighted by Gasteiger charge is 2.09. The number of methoxy groups -OCH3 is 2. The van der Waals surface area contributed by atoms with Gasteiger partial charge in [-0.3, -0.25) is 0 Å². The third-order valence-electron chi connectivity index (χ3n) is 2.27. The predicted octanol–water partition coefficient (Wildman–Crippen LogP) is 2.52. The van der Waals surface area contributed by atoms with Crippen molar-refractivity contribution in [2.75, 3.05) is 20.0 Å². The van der Waals surface area contributed by atoms with Crippen LogP contribution in [0.15, 0.2) is 24.4 Å². The maximum absolute atomic E-state index is 5.93. The molecule has 1 heterocycles. The molecule has 0 fully saturated rings. The first-order chi connectivity index (χ1) is 9.12. The minimum Gasteiger partial charge on any atom is -0.496 e. The molecule has 1 aromatic heterocycles. The summed E-state index contributed by atoms with van der Waals surface area (Å²) in [4.78, 5) is 7.66. The fourth-order valence-electron chi connectivity index (χ4n) is 1.39. The van der Waals surface area contributed by atoms with Crippen molar-refractivity contribution in [3.8, 4) is 23.1 Å². The summed E-state index contributed by atoms with van der Waals surface area (Å²) < 4.78 is 15.8. The number of ether oxygens (including phenoxy) is 3. The number of halogens is 1. The van der Waals surface area contributed by atoms with Crippen molar-refractivity contribution in [3.63, 3.8) is 0 Å². The lowest BCUT2D eigenvalue weighted by Crippen LogP contribution is -1.97. The van der Waals surface area contributed by atoms with Gasteiger partial charge in [0.05, 0.1) is 20.4 Å². The van der Waals surface area contributed by atoms with Crippen LogP contribution in [-0.4, -0.2) is 24.2 Å². The van der Waals surface area contributed by atoms with Crippen molar-refractivity contribution < 1.29 is 14.2 Å². The van der Waals surface area contributed by atoms with Gasteiger partial charge in [-0.1, -0.05) is 11.6 Å². The molecule has 19 heavy (non-hydrogen) atoms. The molecule has 0 aliphatic carbocycles. The number of hydrogen-bond acceptors (Lipinski definition) is 6. The van der Waals surface area contributed by atoms with E-state index in [0.29, 0.717) is 17.2 Å². The molecule has 0 unspecified atom stereocenters. The molecule has 2 rings (SSSR count). The molecule has 0 amide bonds. The number of nitrogens with two attached hydrogens (primary N) is 1. The Bertz CT molecular complexity index is 570. The van der Waals surface area contributed by atoms with Crippen LogP contribution in [0.3, 0.4) is 0 Å². The van der Waals surface area contributed by atoms with Crippen molar-refractivity contribution in [3.05, 3.63) is 29.4 Å². The monoisotopic (exact) mass is 281 g/mol. The molecule has 0 bridgehead atoms. The van der Waals surface area contributed by atoms with Gasteiger partial charge in [0.2, 0.25) is 11.8 Å². The van der Waals surface area contributed by atoms with Gasteiger partial charge in [0, 0.05) is 18.2 Å². The molecule has 0 saturated carbocycles. The Morgan fingerprint density at radius 2 is 1.63 bits per heavy atom. The summed E-state index contributed by atoms with van der Waals surface area (Å²) in [5.74, 6) is 1.90. The van der Waals surface area contributed by atoms with E-state index in [-0.39, 0.29) is 16.9 Å². The van der Waals surface area contributed by atoms with Gasteiger partial charge in [-0.2, -0.15) is 4.98 Å². The van der Waals surface area contributed by atoms with Crippen LogP contribution >= 0.6 is 11.6 Å². The van der Waals surface area contributed by atoms with Crippen LogP contribution < -0.4 is 19.9 Å². The normalized spacial score (nSPS) is 10.1. The summed E-state index contributed by atoms with van der Waals surface area (Å²) in [5.41, 5.74) is 5.48. The van der Waals surface area contributed by atoms with Crippen LogP contribution in [0.1, 0.15) is 0 Å². The molecular weight excluding hydrogens is 270 g/mol. The average molecular weight is 282 g/mol. The van der Waals surface area contributed by atoms with E-state index in [2.05, 4.69) is 9.97 Å². The van der Waals surface area contributed by atoms with Gasteiger partial charge in [-0.25, -0.2) is 4.98 Å². The summed E-state index contributed by atoms with van der Waals surface area (Å²) in [6.07, 6.45) is 1.37. The molecule has 0 radical (unpaired) electrons. The summed E-state index contributed by atoms with van der Waals surface area (Å²) in [6.45, 7) is 0. The van der Waals surface area contributed by atoms with E-state index in [1.54, 1.807) is 32.4 Å². The average Bonchev–Trinajstić information content (AvgIpc) is 2.42. The first-order valence-electron chi connectivity index (χ1n) is 5.31. The van der Waals surface area contributed by atoms with Crippen molar-refractivity contribution in [2.45, 2.75) is 0 Å². The zero-order valence-corrected chi connectivity index (χ0v) is 11.1. The number of benzene rings is 1. The Balaban J connectivity index is 2.34. The topological polar surface area (TPSA) is 79.5 Å². The predicted molar refractivity (Wildman–Crippen MR) is 71.1 cm³/mol. The van der Waals surface area contributed by atoms with E-state index in [4.69, 9.17) is 31.5 Å². The second kappa shape index (κ2) is 5.62. The fourth-order valence-corrected chi connectivity index (χ4v) is 1.52. The van der Waals surface area contributed by atoms with Crippen molar-refractivity contribution in [1.82, 2.24) is 9.97 Å². The van der Waals surface area contributed by atoms with Gasteiger partial charge in [0.1, 0.15) is 22.3 Å². The smallest absolute Gasteiger partial charge is 0.243 e. The van der Waals surface area contributed by atoms with Crippen LogP contribution in [0.2, 0.25) is 5.02 Å². The van der Waals surface area contributed by atoms with Gasteiger partial charge in [-0.15, -0.1) is 0 Å².